The number of nitrogens with two attached hydrogens (primary N) is 1. The van der Waals surface area contributed by atoms with Crippen LogP contribution in [-0.4, -0.2) is 43.0 Å². The van der Waals surface area contributed by atoms with Crippen molar-refractivity contribution < 1.29 is 4.79 Å². The molecular weight excluding hydrogens is 262 g/mol. The number of carbonyl (C=O) groups is 1. The lowest BCUT2D eigenvalue weighted by molar-refractivity contribution is -0.121. The lowest BCUT2D eigenvalue weighted by Crippen LogP contribution is -2.38. The van der Waals surface area contributed by atoms with Gasteiger partial charge in [0.1, 0.15) is 0 Å². The molecule has 1 aliphatic carbocycles. The quantitative estimate of drug-likeness (QED) is 0.789. The molecule has 122 valence electrons. The topological polar surface area (TPSA) is 58.4 Å². The maximum Gasteiger partial charge on any atom is 0.220 e. The molecule has 1 amide bonds. The zero-order valence-corrected chi connectivity index (χ0v) is 13.7. The fraction of sp³-hybridized carbons (Fsp3) is 0.941. The van der Waals surface area contributed by atoms with Crippen molar-refractivity contribution in [2.45, 2.75) is 64.3 Å². The first-order chi connectivity index (χ1) is 10.2. The third kappa shape index (κ3) is 5.95. The molecule has 0 aromatic heterocycles. The molecule has 2 fully saturated rings. The Kier molecular flexibility index (Phi) is 6.97. The summed E-state index contributed by atoms with van der Waals surface area (Å²) in [4.78, 5) is 14.5. The van der Waals surface area contributed by atoms with Gasteiger partial charge in [-0.25, -0.2) is 0 Å². The van der Waals surface area contributed by atoms with E-state index in [0.29, 0.717) is 18.4 Å². The lowest BCUT2D eigenvalue weighted by atomic mass is 9.84. The van der Waals surface area contributed by atoms with Gasteiger partial charge in [0.2, 0.25) is 5.91 Å². The largest absolute Gasteiger partial charge is 0.356 e. The average Bonchev–Trinajstić information content (AvgIpc) is 2.53. The van der Waals surface area contributed by atoms with Crippen molar-refractivity contribution in [3.8, 4) is 0 Å². The highest BCUT2D eigenvalue weighted by Gasteiger charge is 2.20. The molecule has 2 aliphatic rings. The first-order valence-electron chi connectivity index (χ1n) is 8.92. The summed E-state index contributed by atoms with van der Waals surface area (Å²) >= 11 is 0. The van der Waals surface area contributed by atoms with Crippen LogP contribution in [0.1, 0.15) is 58.3 Å². The second kappa shape index (κ2) is 8.74. The highest BCUT2D eigenvalue weighted by Crippen LogP contribution is 2.26. The number of nitrogens with zero attached hydrogens (tertiary/aromatic N) is 1. The van der Waals surface area contributed by atoms with Crippen molar-refractivity contribution in [2.24, 2.45) is 17.6 Å². The summed E-state index contributed by atoms with van der Waals surface area (Å²) in [6.07, 6.45) is 8.92. The van der Waals surface area contributed by atoms with Crippen LogP contribution in [0.3, 0.4) is 0 Å². The Bertz CT molecular complexity index is 305. The molecule has 0 unspecified atom stereocenters. The molecule has 2 rings (SSSR count). The van der Waals surface area contributed by atoms with E-state index in [0.717, 1.165) is 38.3 Å². The number of likely N-dealkylation sites (tertiary alicyclic amines) is 1. The van der Waals surface area contributed by atoms with Gasteiger partial charge in [0.15, 0.2) is 0 Å². The monoisotopic (exact) mass is 295 g/mol. The Hall–Kier alpha value is -0.610. The molecule has 1 saturated heterocycles. The predicted octanol–water partition coefficient (Wildman–Crippen LogP) is 2.13. The summed E-state index contributed by atoms with van der Waals surface area (Å²) in [7, 11) is 0. The van der Waals surface area contributed by atoms with Crippen LogP contribution < -0.4 is 11.1 Å². The minimum atomic E-state index is 0.253. The minimum Gasteiger partial charge on any atom is -0.356 e. The van der Waals surface area contributed by atoms with Crippen molar-refractivity contribution in [2.75, 3.05) is 26.2 Å². The number of nitrogens with one attached hydrogen (secondary N) is 1. The molecule has 4 nitrogen and oxygen atoms in total. The molecule has 0 radical (unpaired) electrons. The van der Waals surface area contributed by atoms with Gasteiger partial charge in [0.05, 0.1) is 0 Å². The zero-order chi connectivity index (χ0) is 15.1. The lowest BCUT2D eigenvalue weighted by Gasteiger charge is -2.31. The third-order valence-electron chi connectivity index (χ3n) is 5.41. The standard InChI is InChI=1S/C17H33N3O/c1-2-20-11-9-15(10-12-20)13-19-17(21)8-5-14-3-6-16(18)7-4-14/h14-16H,2-13,18H2,1H3,(H,19,21). The van der Waals surface area contributed by atoms with Gasteiger partial charge in [-0.3, -0.25) is 4.79 Å². The van der Waals surface area contributed by atoms with Gasteiger partial charge in [0.25, 0.3) is 0 Å². The van der Waals surface area contributed by atoms with Gasteiger partial charge in [0, 0.05) is 19.0 Å². The van der Waals surface area contributed by atoms with Gasteiger partial charge in [-0.2, -0.15) is 0 Å². The molecule has 3 N–H and O–H groups in total. The molecule has 1 aliphatic heterocycles. The van der Waals surface area contributed by atoms with Crippen LogP contribution in [0.4, 0.5) is 0 Å². The first-order valence-corrected chi connectivity index (χ1v) is 8.92. The summed E-state index contributed by atoms with van der Waals surface area (Å²) in [5, 5.41) is 3.15. The van der Waals surface area contributed by atoms with E-state index in [-0.39, 0.29) is 5.91 Å². The van der Waals surface area contributed by atoms with Gasteiger partial charge in [-0.05, 0) is 76.4 Å². The van der Waals surface area contributed by atoms with Crippen LogP contribution in [0, 0.1) is 11.8 Å². The van der Waals surface area contributed by atoms with Crippen molar-refractivity contribution >= 4 is 5.91 Å². The summed E-state index contributed by atoms with van der Waals surface area (Å²) < 4.78 is 0. The van der Waals surface area contributed by atoms with Gasteiger partial charge < -0.3 is 16.0 Å². The van der Waals surface area contributed by atoms with E-state index >= 15 is 0 Å². The molecule has 0 spiro atoms. The molecule has 0 bridgehead atoms. The summed E-state index contributed by atoms with van der Waals surface area (Å²) in [5.74, 6) is 1.66. The second-order valence-electron chi connectivity index (χ2n) is 7.00. The van der Waals surface area contributed by atoms with Gasteiger partial charge in [-0.15, -0.1) is 0 Å². The van der Waals surface area contributed by atoms with Crippen LogP contribution in [0.25, 0.3) is 0 Å². The van der Waals surface area contributed by atoms with E-state index in [1.165, 1.54) is 38.8 Å². The highest BCUT2D eigenvalue weighted by atomic mass is 16.1. The number of carbonyl (C=O) groups excluding carboxylic acids is 1. The van der Waals surface area contributed by atoms with E-state index in [1.807, 2.05) is 0 Å². The van der Waals surface area contributed by atoms with Crippen molar-refractivity contribution in [1.82, 2.24) is 10.2 Å². The first kappa shape index (κ1) is 16.8. The number of rotatable bonds is 6. The van der Waals surface area contributed by atoms with E-state index in [9.17, 15) is 4.79 Å². The summed E-state index contributed by atoms with van der Waals surface area (Å²) in [6.45, 7) is 6.65. The zero-order valence-electron chi connectivity index (χ0n) is 13.7. The maximum absolute atomic E-state index is 12.0. The molecule has 0 aromatic rings. The molecule has 0 atom stereocenters. The van der Waals surface area contributed by atoms with Crippen LogP contribution >= 0.6 is 0 Å². The maximum atomic E-state index is 12.0. The molecule has 0 aromatic carbocycles. The Labute approximate surface area is 129 Å². The minimum absolute atomic E-state index is 0.253. The third-order valence-corrected chi connectivity index (χ3v) is 5.41. The highest BCUT2D eigenvalue weighted by molar-refractivity contribution is 5.75. The summed E-state index contributed by atoms with van der Waals surface area (Å²) in [5.41, 5.74) is 5.92. The van der Waals surface area contributed by atoms with E-state index in [2.05, 4.69) is 17.1 Å². The van der Waals surface area contributed by atoms with Crippen molar-refractivity contribution in [1.29, 1.82) is 0 Å². The number of hydrogen-bond donors (Lipinski definition) is 2. The Morgan fingerprint density at radius 2 is 1.76 bits per heavy atom. The Balaban J connectivity index is 1.53. The van der Waals surface area contributed by atoms with E-state index < -0.39 is 0 Å². The van der Waals surface area contributed by atoms with Gasteiger partial charge >= 0.3 is 0 Å². The van der Waals surface area contributed by atoms with Crippen LogP contribution in [0.5, 0.6) is 0 Å². The SMILES string of the molecule is CCN1CCC(CNC(=O)CCC2CCC(N)CC2)CC1. The fourth-order valence-electron chi connectivity index (χ4n) is 3.67. The van der Waals surface area contributed by atoms with E-state index in [4.69, 9.17) is 5.73 Å². The fourth-order valence-corrected chi connectivity index (χ4v) is 3.67. The molecule has 1 heterocycles. The Morgan fingerprint density at radius 1 is 1.10 bits per heavy atom. The summed E-state index contributed by atoms with van der Waals surface area (Å²) in [6, 6.07) is 0.407. The predicted molar refractivity (Wildman–Crippen MR) is 87.0 cm³/mol. The van der Waals surface area contributed by atoms with Gasteiger partial charge in [-0.1, -0.05) is 6.92 Å². The number of hydrogen-bond acceptors (Lipinski definition) is 3. The van der Waals surface area contributed by atoms with Crippen LogP contribution in [-0.2, 0) is 4.79 Å². The van der Waals surface area contributed by atoms with Crippen molar-refractivity contribution in [3.63, 3.8) is 0 Å². The molecule has 21 heavy (non-hydrogen) atoms. The molecule has 4 heteroatoms. The molecule has 1 saturated carbocycles. The Morgan fingerprint density at radius 3 is 2.38 bits per heavy atom. The second-order valence-corrected chi connectivity index (χ2v) is 7.00. The number of amides is 1. The normalized spacial score (nSPS) is 28.5. The van der Waals surface area contributed by atoms with Crippen LogP contribution in [0.15, 0.2) is 0 Å². The molecular formula is C17H33N3O. The number of piperidine rings is 1. The van der Waals surface area contributed by atoms with Crippen molar-refractivity contribution in [3.05, 3.63) is 0 Å². The van der Waals surface area contributed by atoms with E-state index in [1.54, 1.807) is 0 Å². The average molecular weight is 295 g/mol. The van der Waals surface area contributed by atoms with Crippen LogP contribution in [0.2, 0.25) is 0 Å². The smallest absolute Gasteiger partial charge is 0.220 e.